The molecule has 2 N–H and O–H groups in total. The van der Waals surface area contributed by atoms with E-state index < -0.39 is 11.3 Å². The van der Waals surface area contributed by atoms with Crippen LogP contribution in [-0.2, 0) is 16.1 Å². The van der Waals surface area contributed by atoms with Gasteiger partial charge in [-0.1, -0.05) is 36.9 Å². The van der Waals surface area contributed by atoms with E-state index in [1.54, 1.807) is 6.07 Å². The Morgan fingerprint density at radius 2 is 1.82 bits per heavy atom. The molecule has 0 unspecified atom stereocenters. The van der Waals surface area contributed by atoms with Gasteiger partial charge in [0.05, 0.1) is 16.6 Å². The smallest absolute Gasteiger partial charge is 0.291 e. The van der Waals surface area contributed by atoms with E-state index in [1.165, 1.54) is 17.8 Å². The number of allylic oxidation sites excluding steroid dienone is 1. The molecule has 198 valence electrons. The van der Waals surface area contributed by atoms with Crippen LogP contribution in [0.5, 0.6) is 0 Å². The van der Waals surface area contributed by atoms with E-state index >= 15 is 0 Å². The van der Waals surface area contributed by atoms with Crippen LogP contribution in [0.25, 0.3) is 22.2 Å². The van der Waals surface area contributed by atoms with Crippen molar-refractivity contribution in [2.24, 2.45) is 0 Å². The highest BCUT2D eigenvalue weighted by molar-refractivity contribution is 6.10. The van der Waals surface area contributed by atoms with Crippen LogP contribution in [0.15, 0.2) is 73.3 Å². The normalized spacial score (nSPS) is 22.8. The summed E-state index contributed by atoms with van der Waals surface area (Å²) in [7, 11) is 2.15. The highest BCUT2D eigenvalue weighted by atomic mass is 19.3. The summed E-state index contributed by atoms with van der Waals surface area (Å²) in [5.41, 5.74) is 5.30. The molecule has 1 saturated heterocycles. The minimum absolute atomic E-state index is 0.0922. The maximum Gasteiger partial charge on any atom is 0.291 e. The van der Waals surface area contributed by atoms with Crippen LogP contribution in [-0.4, -0.2) is 54.2 Å². The van der Waals surface area contributed by atoms with E-state index in [-0.39, 0.29) is 17.4 Å². The number of piperazine rings is 1. The Kier molecular flexibility index (Phi) is 5.23. The minimum atomic E-state index is -3.15. The molecule has 2 fully saturated rings. The largest absolute Gasteiger partial charge is 0.369 e. The van der Waals surface area contributed by atoms with Crippen molar-refractivity contribution in [1.29, 1.82) is 0 Å². The summed E-state index contributed by atoms with van der Waals surface area (Å²) in [6, 6.07) is 19.1. The van der Waals surface area contributed by atoms with E-state index in [4.69, 9.17) is 0 Å². The molecule has 2 aliphatic heterocycles. The number of hydrogen-bond donors (Lipinski definition) is 2. The zero-order valence-corrected chi connectivity index (χ0v) is 21.7. The number of rotatable bonds is 5. The number of hydrogen-bond acceptors (Lipinski definition) is 4. The molecule has 8 heteroatoms. The average Bonchev–Trinajstić information content (AvgIpc) is 3.47. The quantitative estimate of drug-likeness (QED) is 0.331. The molecule has 0 bridgehead atoms. The van der Waals surface area contributed by atoms with Crippen molar-refractivity contribution in [3.05, 3.63) is 90.0 Å². The third-order valence-corrected chi connectivity index (χ3v) is 8.75. The first-order valence-corrected chi connectivity index (χ1v) is 13.3. The molecule has 3 aliphatic rings. The maximum absolute atomic E-state index is 14.4. The van der Waals surface area contributed by atoms with Gasteiger partial charge in [-0.05, 0) is 61.0 Å². The average molecular weight is 526 g/mol. The molecule has 2 atom stereocenters. The summed E-state index contributed by atoms with van der Waals surface area (Å²) in [5, 5.41) is 11.7. The fourth-order valence-electron chi connectivity index (χ4n) is 6.29. The Morgan fingerprint density at radius 1 is 1.05 bits per heavy atom. The zero-order chi connectivity index (χ0) is 26.9. The Morgan fingerprint density at radius 3 is 2.56 bits per heavy atom. The number of carbonyl (C=O) groups is 1. The van der Waals surface area contributed by atoms with E-state index in [0.29, 0.717) is 23.7 Å². The van der Waals surface area contributed by atoms with Crippen molar-refractivity contribution in [2.75, 3.05) is 43.4 Å². The lowest BCUT2D eigenvalue weighted by atomic mass is 9.89. The number of likely N-dealkylation sites (N-methyl/N-ethyl adjacent to an activating group) is 1. The topological polar surface area (TPSA) is 64.3 Å². The SMILES string of the molecule is C=CC(F)(F)c1ccc2c(c1)[C@]1(C[C@H]1c1ccc3c(-c4ccc(N5CCN(C)CC5)cc4)n[nH]c3c1)C(=O)N2. The summed E-state index contributed by atoms with van der Waals surface area (Å²) < 4.78 is 28.7. The second-order valence-corrected chi connectivity index (χ2v) is 11.0. The van der Waals surface area contributed by atoms with Crippen molar-refractivity contribution < 1.29 is 13.6 Å². The summed E-state index contributed by atoms with van der Waals surface area (Å²) in [6.45, 7) is 7.43. The molecule has 1 saturated carbocycles. The lowest BCUT2D eigenvalue weighted by Crippen LogP contribution is -2.44. The van der Waals surface area contributed by atoms with Crippen LogP contribution in [0.4, 0.5) is 20.2 Å². The fraction of sp³-hybridized carbons (Fsp3) is 0.290. The van der Waals surface area contributed by atoms with Gasteiger partial charge in [0.2, 0.25) is 5.91 Å². The van der Waals surface area contributed by atoms with Crippen LogP contribution in [0, 0.1) is 0 Å². The van der Waals surface area contributed by atoms with Gasteiger partial charge in [-0.3, -0.25) is 9.89 Å². The second-order valence-electron chi connectivity index (χ2n) is 11.0. The lowest BCUT2D eigenvalue weighted by Gasteiger charge is -2.34. The van der Waals surface area contributed by atoms with Crippen LogP contribution in [0.1, 0.15) is 29.0 Å². The van der Waals surface area contributed by atoms with Crippen LogP contribution >= 0.6 is 0 Å². The Balaban J connectivity index is 1.16. The number of halogens is 2. The highest BCUT2D eigenvalue weighted by Gasteiger charge is 2.65. The molecule has 4 aromatic rings. The maximum atomic E-state index is 14.4. The zero-order valence-electron chi connectivity index (χ0n) is 21.7. The first-order chi connectivity index (χ1) is 18.8. The van der Waals surface area contributed by atoms with Crippen molar-refractivity contribution >= 4 is 28.2 Å². The molecule has 0 radical (unpaired) electrons. The van der Waals surface area contributed by atoms with Gasteiger partial charge < -0.3 is 15.1 Å². The number of amides is 1. The molecular weight excluding hydrogens is 496 g/mol. The van der Waals surface area contributed by atoms with E-state index in [0.717, 1.165) is 53.9 Å². The molecule has 3 aromatic carbocycles. The van der Waals surface area contributed by atoms with Gasteiger partial charge in [-0.2, -0.15) is 13.9 Å². The minimum Gasteiger partial charge on any atom is -0.369 e. The summed E-state index contributed by atoms with van der Waals surface area (Å²) in [6.07, 6.45) is 1.22. The van der Waals surface area contributed by atoms with Gasteiger partial charge in [0.15, 0.2) is 0 Å². The number of benzene rings is 3. The van der Waals surface area contributed by atoms with Crippen molar-refractivity contribution in [3.8, 4) is 11.3 Å². The number of nitrogens with zero attached hydrogens (tertiary/aromatic N) is 3. The Hall–Kier alpha value is -4.04. The molecule has 1 aromatic heterocycles. The van der Waals surface area contributed by atoms with E-state index in [1.807, 2.05) is 18.2 Å². The number of fused-ring (bicyclic) bond motifs is 3. The highest BCUT2D eigenvalue weighted by Crippen LogP contribution is 2.65. The predicted octanol–water partition coefficient (Wildman–Crippen LogP) is 5.64. The number of anilines is 2. The van der Waals surface area contributed by atoms with Gasteiger partial charge in [0, 0.05) is 60.0 Å². The number of alkyl halides is 2. The summed E-state index contributed by atoms with van der Waals surface area (Å²) in [4.78, 5) is 17.8. The van der Waals surface area contributed by atoms with Gasteiger partial charge in [-0.15, -0.1) is 0 Å². The Bertz CT molecular complexity index is 1620. The van der Waals surface area contributed by atoms with Crippen molar-refractivity contribution in [2.45, 2.75) is 23.7 Å². The number of nitrogens with one attached hydrogen (secondary N) is 2. The Labute approximate surface area is 225 Å². The number of aromatic amines is 1. The third kappa shape index (κ3) is 3.69. The molecule has 7 rings (SSSR count). The monoisotopic (exact) mass is 525 g/mol. The summed E-state index contributed by atoms with van der Waals surface area (Å²) >= 11 is 0. The number of H-pyrrole nitrogens is 1. The molecular formula is C31H29F2N5O. The molecule has 1 aliphatic carbocycles. The van der Waals surface area contributed by atoms with Gasteiger partial charge >= 0.3 is 0 Å². The molecule has 3 heterocycles. The molecule has 39 heavy (non-hydrogen) atoms. The summed E-state index contributed by atoms with van der Waals surface area (Å²) in [5.74, 6) is -3.38. The van der Waals surface area contributed by atoms with Gasteiger partial charge in [0.25, 0.3) is 5.92 Å². The van der Waals surface area contributed by atoms with Crippen molar-refractivity contribution in [1.82, 2.24) is 15.1 Å². The number of aromatic nitrogens is 2. The van der Waals surface area contributed by atoms with Gasteiger partial charge in [-0.25, -0.2) is 0 Å². The van der Waals surface area contributed by atoms with Gasteiger partial charge in [0.1, 0.15) is 0 Å². The third-order valence-electron chi connectivity index (χ3n) is 8.75. The standard InChI is InChI=1S/C31H29F2N5O/c1-3-31(32,33)21-7-11-26-24(17-21)30(29(39)34-26)18-25(30)20-6-10-23-27(16-20)35-36-28(23)19-4-8-22(9-5-19)38-14-12-37(2)13-15-38/h3-11,16-17,25H,1,12-15,18H2,2H3,(H,34,39)(H,35,36)/t25-,30-/m0/s1. The fourth-order valence-corrected chi connectivity index (χ4v) is 6.29. The molecule has 1 amide bonds. The second kappa shape index (κ2) is 8.48. The van der Waals surface area contributed by atoms with Crippen molar-refractivity contribution in [3.63, 3.8) is 0 Å². The number of carbonyl (C=O) groups excluding carboxylic acids is 1. The van der Waals surface area contributed by atoms with Crippen LogP contribution in [0.2, 0.25) is 0 Å². The van der Waals surface area contributed by atoms with E-state index in [2.05, 4.69) is 63.2 Å². The predicted molar refractivity (Wildman–Crippen MR) is 149 cm³/mol. The van der Waals surface area contributed by atoms with E-state index in [9.17, 15) is 13.6 Å². The first-order valence-electron chi connectivity index (χ1n) is 13.3. The molecule has 6 nitrogen and oxygen atoms in total. The lowest BCUT2D eigenvalue weighted by molar-refractivity contribution is -0.118. The van der Waals surface area contributed by atoms with Crippen LogP contribution < -0.4 is 10.2 Å². The first kappa shape index (κ1) is 24.0. The van der Waals surface area contributed by atoms with Crippen LogP contribution in [0.3, 0.4) is 0 Å². The molecule has 1 spiro atoms.